The molecule has 2 amide bonds. The van der Waals surface area contributed by atoms with Crippen LogP contribution in [0.3, 0.4) is 0 Å². The van der Waals surface area contributed by atoms with Gasteiger partial charge in [0.05, 0.1) is 11.1 Å². The smallest absolute Gasteiger partial charge is 0.260 e. The monoisotopic (exact) mass is 408 g/mol. The lowest BCUT2D eigenvalue weighted by atomic mass is 9.72. The van der Waals surface area contributed by atoms with Gasteiger partial charge in [0.15, 0.2) is 5.16 Å². The number of thioether (sulfide) groups is 1. The first kappa shape index (κ1) is 19.9. The molecule has 1 aliphatic carbocycles. The second kappa shape index (κ2) is 7.63. The summed E-state index contributed by atoms with van der Waals surface area (Å²) in [5.74, 6) is -0.0646. The Morgan fingerprint density at radius 1 is 1.33 bits per heavy atom. The number of carbonyl (C=O) groups excluding carboxylic acids is 2. The molecular weight excluding hydrogens is 384 g/mol. The molecule has 2 aromatic rings. The van der Waals surface area contributed by atoms with Crippen LogP contribution in [0.25, 0.3) is 10.2 Å². The minimum absolute atomic E-state index is 0.0475. The van der Waals surface area contributed by atoms with Crippen LogP contribution < -0.4 is 16.4 Å². The first-order chi connectivity index (χ1) is 12.6. The molecule has 2 heterocycles. The molecule has 3 rings (SSSR count). The Bertz CT molecular complexity index is 942. The summed E-state index contributed by atoms with van der Waals surface area (Å²) in [6, 6.07) is 0. The predicted octanol–water partition coefficient (Wildman–Crippen LogP) is 2.40. The zero-order valence-electron chi connectivity index (χ0n) is 15.9. The van der Waals surface area contributed by atoms with Crippen LogP contribution in [0, 0.1) is 11.3 Å². The van der Waals surface area contributed by atoms with E-state index in [2.05, 4.69) is 41.6 Å². The lowest BCUT2D eigenvalue weighted by Crippen LogP contribution is -2.41. The molecule has 1 aliphatic rings. The van der Waals surface area contributed by atoms with Gasteiger partial charge in [0, 0.05) is 11.8 Å². The van der Waals surface area contributed by atoms with E-state index in [0.29, 0.717) is 16.5 Å². The molecule has 0 fully saturated rings. The van der Waals surface area contributed by atoms with Crippen LogP contribution in [0.1, 0.15) is 44.6 Å². The molecule has 9 heteroatoms. The van der Waals surface area contributed by atoms with Gasteiger partial charge in [0.25, 0.3) is 5.56 Å². The highest BCUT2D eigenvalue weighted by molar-refractivity contribution is 7.99. The molecule has 0 aliphatic heterocycles. The first-order valence-corrected chi connectivity index (χ1v) is 10.7. The van der Waals surface area contributed by atoms with Gasteiger partial charge >= 0.3 is 0 Å². The third-order valence-corrected chi connectivity index (χ3v) is 6.86. The molecule has 1 atom stereocenters. The Morgan fingerprint density at radius 2 is 2.07 bits per heavy atom. The Labute approximate surface area is 165 Å². The van der Waals surface area contributed by atoms with Gasteiger partial charge in [-0.1, -0.05) is 32.5 Å². The van der Waals surface area contributed by atoms with E-state index in [4.69, 9.17) is 0 Å². The normalized spacial score (nSPS) is 16.8. The fourth-order valence-corrected chi connectivity index (χ4v) is 5.32. The maximum absolute atomic E-state index is 12.6. The first-order valence-electron chi connectivity index (χ1n) is 8.88. The summed E-state index contributed by atoms with van der Waals surface area (Å²) in [4.78, 5) is 44.4. The zero-order valence-corrected chi connectivity index (χ0v) is 17.5. The minimum Gasteiger partial charge on any atom is -0.301 e. The molecule has 0 radical (unpaired) electrons. The number of nitrogens with one attached hydrogen (secondary N) is 3. The summed E-state index contributed by atoms with van der Waals surface area (Å²) >= 11 is 2.73. The second-order valence-corrected chi connectivity index (χ2v) is 9.93. The van der Waals surface area contributed by atoms with Crippen LogP contribution in [0.5, 0.6) is 0 Å². The summed E-state index contributed by atoms with van der Waals surface area (Å²) in [7, 11) is 0. The molecule has 0 saturated heterocycles. The van der Waals surface area contributed by atoms with Gasteiger partial charge in [-0.2, -0.15) is 0 Å². The number of carbonyl (C=O) groups is 2. The second-order valence-electron chi connectivity index (χ2n) is 7.88. The number of rotatable bonds is 3. The van der Waals surface area contributed by atoms with E-state index in [0.717, 1.165) is 41.4 Å². The van der Waals surface area contributed by atoms with Gasteiger partial charge in [-0.25, -0.2) is 4.98 Å². The number of aromatic amines is 1. The number of aromatic nitrogens is 2. The number of nitrogens with zero attached hydrogens (tertiary/aromatic N) is 1. The van der Waals surface area contributed by atoms with Crippen molar-refractivity contribution >= 4 is 45.1 Å². The fourth-order valence-electron chi connectivity index (χ4n) is 3.30. The van der Waals surface area contributed by atoms with Crippen molar-refractivity contribution in [3.05, 3.63) is 20.8 Å². The highest BCUT2D eigenvalue weighted by Gasteiger charge is 2.31. The van der Waals surface area contributed by atoms with Crippen LogP contribution >= 0.6 is 23.1 Å². The SMILES string of the molecule is CC(=O)NNC(=O)CSc1nc2sc3c(c2c(=O)[nH]1)CCC(C(C)(C)C)C3. The van der Waals surface area contributed by atoms with Gasteiger partial charge in [-0.15, -0.1) is 11.3 Å². The third-order valence-electron chi connectivity index (χ3n) is 4.84. The number of thiophene rings is 1. The molecular formula is C18H24N4O3S2. The number of hydrogen-bond acceptors (Lipinski definition) is 6. The van der Waals surface area contributed by atoms with E-state index in [-0.39, 0.29) is 28.5 Å². The van der Waals surface area contributed by atoms with E-state index in [1.165, 1.54) is 11.8 Å². The third kappa shape index (κ3) is 4.52. The largest absolute Gasteiger partial charge is 0.301 e. The van der Waals surface area contributed by atoms with Gasteiger partial charge < -0.3 is 4.98 Å². The molecule has 3 N–H and O–H groups in total. The van der Waals surface area contributed by atoms with E-state index in [1.807, 2.05) is 0 Å². The summed E-state index contributed by atoms with van der Waals surface area (Å²) < 4.78 is 0. The van der Waals surface area contributed by atoms with E-state index in [1.54, 1.807) is 11.3 Å². The number of H-pyrrole nitrogens is 1. The Morgan fingerprint density at radius 3 is 2.74 bits per heavy atom. The summed E-state index contributed by atoms with van der Waals surface area (Å²) in [6.45, 7) is 8.11. The molecule has 7 nitrogen and oxygen atoms in total. The van der Waals surface area contributed by atoms with E-state index in [9.17, 15) is 14.4 Å². The van der Waals surface area contributed by atoms with Crippen LogP contribution in [0.2, 0.25) is 0 Å². The molecule has 0 aromatic carbocycles. The van der Waals surface area contributed by atoms with Crippen LogP contribution in [0.4, 0.5) is 0 Å². The molecule has 0 saturated carbocycles. The topological polar surface area (TPSA) is 104 Å². The van der Waals surface area contributed by atoms with Crippen molar-refractivity contribution < 1.29 is 9.59 Å². The van der Waals surface area contributed by atoms with Gasteiger partial charge in [-0.05, 0) is 36.2 Å². The molecule has 0 bridgehead atoms. The summed E-state index contributed by atoms with van der Waals surface area (Å²) in [6.07, 6.45) is 2.98. The molecule has 146 valence electrons. The Kier molecular flexibility index (Phi) is 5.62. The maximum Gasteiger partial charge on any atom is 0.260 e. The van der Waals surface area contributed by atoms with Crippen LogP contribution in [0.15, 0.2) is 9.95 Å². The predicted molar refractivity (Wildman–Crippen MR) is 108 cm³/mol. The average Bonchev–Trinajstić information content (AvgIpc) is 2.95. The highest BCUT2D eigenvalue weighted by Crippen LogP contribution is 2.42. The van der Waals surface area contributed by atoms with Crippen molar-refractivity contribution in [3.8, 4) is 0 Å². The molecule has 2 aromatic heterocycles. The average molecular weight is 409 g/mol. The van der Waals surface area contributed by atoms with Crippen molar-refractivity contribution in [1.29, 1.82) is 0 Å². The van der Waals surface area contributed by atoms with Crippen LogP contribution in [-0.2, 0) is 22.4 Å². The number of hydrogen-bond donors (Lipinski definition) is 3. The number of fused-ring (bicyclic) bond motifs is 3. The standard InChI is InChI=1S/C18H24N4O3S2/c1-9(23)21-22-13(24)8-26-17-19-15(25)14-11-6-5-10(18(2,3)4)7-12(11)27-16(14)20-17/h10H,5-8H2,1-4H3,(H,21,23)(H,22,24)(H,19,20,25). The van der Waals surface area contributed by atoms with Crippen LogP contribution in [-0.4, -0.2) is 27.5 Å². The van der Waals surface area contributed by atoms with Crippen molar-refractivity contribution in [2.75, 3.05) is 5.75 Å². The Hall–Kier alpha value is -1.87. The van der Waals surface area contributed by atoms with Crippen molar-refractivity contribution in [1.82, 2.24) is 20.8 Å². The summed E-state index contributed by atoms with van der Waals surface area (Å²) in [5, 5.41) is 1.12. The highest BCUT2D eigenvalue weighted by atomic mass is 32.2. The lowest BCUT2D eigenvalue weighted by molar-refractivity contribution is -0.126. The quantitative estimate of drug-likeness (QED) is 0.411. The number of amides is 2. The van der Waals surface area contributed by atoms with Crippen molar-refractivity contribution in [3.63, 3.8) is 0 Å². The maximum atomic E-state index is 12.6. The van der Waals surface area contributed by atoms with Crippen molar-refractivity contribution in [2.45, 2.75) is 52.1 Å². The Balaban J connectivity index is 1.79. The van der Waals surface area contributed by atoms with Gasteiger partial charge in [0.2, 0.25) is 11.8 Å². The van der Waals surface area contributed by atoms with E-state index >= 15 is 0 Å². The number of aryl methyl sites for hydroxylation is 1. The molecule has 1 unspecified atom stereocenters. The molecule has 0 spiro atoms. The van der Waals surface area contributed by atoms with Gasteiger partial charge in [0.1, 0.15) is 4.83 Å². The van der Waals surface area contributed by atoms with Gasteiger partial charge in [-0.3, -0.25) is 25.2 Å². The zero-order chi connectivity index (χ0) is 19.8. The lowest BCUT2D eigenvalue weighted by Gasteiger charge is -2.33. The minimum atomic E-state index is -0.364. The van der Waals surface area contributed by atoms with E-state index < -0.39 is 0 Å². The van der Waals surface area contributed by atoms with Crippen molar-refractivity contribution in [2.24, 2.45) is 11.3 Å². The summed E-state index contributed by atoms with van der Waals surface area (Å²) in [5.41, 5.74) is 5.76. The number of hydrazine groups is 1. The fraction of sp³-hybridized carbons (Fsp3) is 0.556. The molecule has 27 heavy (non-hydrogen) atoms.